The van der Waals surface area contributed by atoms with Crippen LogP contribution in [0.3, 0.4) is 0 Å². The van der Waals surface area contributed by atoms with Crippen LogP contribution in [0.15, 0.2) is 42.5 Å². The maximum atomic E-state index is 6.05. The third-order valence-electron chi connectivity index (χ3n) is 4.08. The first-order valence-corrected chi connectivity index (χ1v) is 9.07. The lowest BCUT2D eigenvalue weighted by Crippen LogP contribution is -2.06. The Hall–Kier alpha value is -1.08. The van der Waals surface area contributed by atoms with Crippen LogP contribution in [0.1, 0.15) is 83.3 Å². The van der Waals surface area contributed by atoms with Gasteiger partial charge in [0.25, 0.3) is 0 Å². The van der Waals surface area contributed by atoms with Crippen LogP contribution < -0.4 is 0 Å². The highest BCUT2D eigenvalue weighted by Gasteiger charge is 2.11. The molecule has 1 unspecified atom stereocenters. The molecule has 1 nitrogen and oxygen atoms in total. The second kappa shape index (κ2) is 12.5. The summed E-state index contributed by atoms with van der Waals surface area (Å²) in [6.45, 7) is 9.23. The molecule has 0 N–H and O–H groups in total. The molecule has 1 aromatic rings. The zero-order chi connectivity index (χ0) is 16.0. The molecule has 0 aromatic heterocycles. The van der Waals surface area contributed by atoms with Gasteiger partial charge in [-0.05, 0) is 24.5 Å². The normalized spacial score (nSPS) is 12.3. The summed E-state index contributed by atoms with van der Waals surface area (Å²) in [4.78, 5) is 0. The fourth-order valence-electron chi connectivity index (χ4n) is 2.76. The largest absolute Gasteiger partial charge is 0.369 e. The topological polar surface area (TPSA) is 9.23 Å². The highest BCUT2D eigenvalue weighted by molar-refractivity contribution is 5.24. The maximum Gasteiger partial charge on any atom is 0.103 e. The van der Waals surface area contributed by atoms with E-state index in [1.165, 1.54) is 56.9 Å². The van der Waals surface area contributed by atoms with Crippen molar-refractivity contribution < 1.29 is 4.74 Å². The summed E-state index contributed by atoms with van der Waals surface area (Å²) in [6, 6.07) is 10.4. The molecule has 0 aliphatic heterocycles. The van der Waals surface area contributed by atoms with Gasteiger partial charge in [0.15, 0.2) is 0 Å². The van der Waals surface area contributed by atoms with E-state index in [4.69, 9.17) is 4.74 Å². The molecule has 1 heteroatoms. The van der Waals surface area contributed by atoms with Gasteiger partial charge in [0.1, 0.15) is 6.10 Å². The van der Waals surface area contributed by atoms with Crippen molar-refractivity contribution in [1.82, 2.24) is 0 Å². The summed E-state index contributed by atoms with van der Waals surface area (Å²) in [5.74, 6) is 0. The Morgan fingerprint density at radius 1 is 0.909 bits per heavy atom. The van der Waals surface area contributed by atoms with E-state index >= 15 is 0 Å². The molecule has 0 fully saturated rings. The predicted molar refractivity (Wildman–Crippen MR) is 97.2 cm³/mol. The van der Waals surface area contributed by atoms with Gasteiger partial charge in [-0.2, -0.15) is 0 Å². The molecule has 0 aliphatic rings. The Morgan fingerprint density at radius 3 is 2.00 bits per heavy atom. The van der Waals surface area contributed by atoms with Crippen molar-refractivity contribution in [2.24, 2.45) is 0 Å². The van der Waals surface area contributed by atoms with Gasteiger partial charge in [-0.3, -0.25) is 0 Å². The number of rotatable bonds is 13. The van der Waals surface area contributed by atoms with Crippen molar-refractivity contribution >= 4 is 0 Å². The van der Waals surface area contributed by atoms with Gasteiger partial charge >= 0.3 is 0 Å². The van der Waals surface area contributed by atoms with Crippen molar-refractivity contribution in [3.05, 3.63) is 48.0 Å². The van der Waals surface area contributed by atoms with Crippen LogP contribution in [-0.4, -0.2) is 6.61 Å². The molecule has 0 heterocycles. The molecule has 0 saturated carbocycles. The Labute approximate surface area is 137 Å². The second-order valence-corrected chi connectivity index (χ2v) is 6.34. The smallest absolute Gasteiger partial charge is 0.103 e. The fraction of sp³-hybridized carbons (Fsp3) is 0.619. The number of ether oxygens (including phenoxy) is 1. The van der Waals surface area contributed by atoms with Gasteiger partial charge in [0.05, 0.1) is 0 Å². The minimum absolute atomic E-state index is 0.0512. The predicted octanol–water partition coefficient (Wildman–Crippen LogP) is 6.85. The average molecular weight is 303 g/mol. The Morgan fingerprint density at radius 2 is 1.45 bits per heavy atom. The highest BCUT2D eigenvalue weighted by atomic mass is 16.5. The molecule has 124 valence electrons. The summed E-state index contributed by atoms with van der Waals surface area (Å²) in [6.07, 6.45) is 12.2. The van der Waals surface area contributed by atoms with E-state index in [0.29, 0.717) is 0 Å². The number of benzene rings is 1. The molecule has 22 heavy (non-hydrogen) atoms. The van der Waals surface area contributed by atoms with Gasteiger partial charge in [-0.25, -0.2) is 0 Å². The Bertz CT molecular complexity index is 382. The van der Waals surface area contributed by atoms with E-state index < -0.39 is 0 Å². The summed E-state index contributed by atoms with van der Waals surface area (Å²) in [5, 5.41) is 0. The molecule has 0 spiro atoms. The van der Waals surface area contributed by atoms with Crippen molar-refractivity contribution in [1.29, 1.82) is 0 Å². The number of hydrogen-bond acceptors (Lipinski definition) is 1. The third kappa shape index (κ3) is 8.38. The summed E-state index contributed by atoms with van der Waals surface area (Å²) < 4.78 is 6.05. The van der Waals surface area contributed by atoms with E-state index in [9.17, 15) is 0 Å². The first-order valence-electron chi connectivity index (χ1n) is 9.07. The molecule has 0 amide bonds. The summed E-state index contributed by atoms with van der Waals surface area (Å²) in [5.41, 5.74) is 2.30. The average Bonchev–Trinajstić information content (AvgIpc) is 2.53. The van der Waals surface area contributed by atoms with Crippen LogP contribution in [0.4, 0.5) is 0 Å². The van der Waals surface area contributed by atoms with Gasteiger partial charge in [-0.15, -0.1) is 0 Å². The van der Waals surface area contributed by atoms with Crippen LogP contribution in [-0.2, 0) is 4.74 Å². The van der Waals surface area contributed by atoms with Crippen LogP contribution in [0, 0.1) is 0 Å². The monoisotopic (exact) mass is 302 g/mol. The van der Waals surface area contributed by atoms with Gasteiger partial charge < -0.3 is 4.74 Å². The molecular formula is C21H34O. The van der Waals surface area contributed by atoms with E-state index in [1.807, 2.05) is 13.0 Å². The van der Waals surface area contributed by atoms with Gasteiger partial charge in [0.2, 0.25) is 0 Å². The first kappa shape index (κ1) is 19.0. The van der Waals surface area contributed by atoms with Crippen molar-refractivity contribution in [3.63, 3.8) is 0 Å². The van der Waals surface area contributed by atoms with E-state index in [2.05, 4.69) is 37.8 Å². The molecular weight excluding hydrogens is 268 g/mol. The highest BCUT2D eigenvalue weighted by Crippen LogP contribution is 2.24. The molecule has 0 saturated heterocycles. The minimum Gasteiger partial charge on any atom is -0.369 e. The van der Waals surface area contributed by atoms with Crippen molar-refractivity contribution in [2.45, 2.75) is 77.7 Å². The third-order valence-corrected chi connectivity index (χ3v) is 4.08. The number of hydrogen-bond donors (Lipinski definition) is 0. The fourth-order valence-corrected chi connectivity index (χ4v) is 2.76. The van der Waals surface area contributed by atoms with Gasteiger partial charge in [0, 0.05) is 6.61 Å². The number of unbranched alkanes of at least 4 members (excludes halogenated alkanes) is 8. The summed E-state index contributed by atoms with van der Waals surface area (Å²) in [7, 11) is 0. The van der Waals surface area contributed by atoms with Crippen molar-refractivity contribution in [2.75, 3.05) is 6.61 Å². The maximum absolute atomic E-state index is 6.05. The van der Waals surface area contributed by atoms with Crippen LogP contribution >= 0.6 is 0 Å². The molecule has 0 aliphatic carbocycles. The summed E-state index contributed by atoms with van der Waals surface area (Å²) >= 11 is 0. The molecule has 0 radical (unpaired) electrons. The zero-order valence-corrected chi connectivity index (χ0v) is 14.7. The lowest BCUT2D eigenvalue weighted by atomic mass is 10.0. The first-order chi connectivity index (χ1) is 10.8. The second-order valence-electron chi connectivity index (χ2n) is 6.34. The van der Waals surface area contributed by atoms with E-state index in [1.54, 1.807) is 0 Å². The van der Waals surface area contributed by atoms with Crippen LogP contribution in [0.2, 0.25) is 0 Å². The molecule has 1 rings (SSSR count). The van der Waals surface area contributed by atoms with Gasteiger partial charge in [-0.1, -0.05) is 95.2 Å². The van der Waals surface area contributed by atoms with E-state index in [-0.39, 0.29) is 6.10 Å². The Balaban J connectivity index is 2.08. The molecule has 0 bridgehead atoms. The molecule has 1 aromatic carbocycles. The lowest BCUT2D eigenvalue weighted by Gasteiger charge is -2.18. The minimum atomic E-state index is 0.0512. The van der Waals surface area contributed by atoms with Crippen LogP contribution in [0.25, 0.3) is 0 Å². The Kier molecular flexibility index (Phi) is 10.7. The van der Waals surface area contributed by atoms with Crippen LogP contribution in [0.5, 0.6) is 0 Å². The standard InChI is InChI=1S/C21H34O/c1-4-5-6-7-8-9-10-11-15-18-22-21(19(2)3)20-16-13-12-14-17-20/h12-14,16-17,21H,2,4-11,15,18H2,1,3H3. The van der Waals surface area contributed by atoms with E-state index in [0.717, 1.165) is 18.6 Å². The SMILES string of the molecule is C=C(C)C(OCCCCCCCCCCC)c1ccccc1. The molecule has 1 atom stereocenters. The quantitative estimate of drug-likeness (QED) is 0.286. The lowest BCUT2D eigenvalue weighted by molar-refractivity contribution is 0.0744. The zero-order valence-electron chi connectivity index (χ0n) is 14.7. The van der Waals surface area contributed by atoms with Crippen molar-refractivity contribution in [3.8, 4) is 0 Å².